The Morgan fingerprint density at radius 2 is 1.75 bits per heavy atom. The summed E-state index contributed by atoms with van der Waals surface area (Å²) in [6.07, 6.45) is 7.49. The van der Waals surface area contributed by atoms with E-state index in [9.17, 15) is 4.79 Å². The SMILES string of the molecule is CCCCCCC[I-]NCCCNC(=O)OC(C)(C)C. The predicted octanol–water partition coefficient (Wildman–Crippen LogP) is 0.465. The quantitative estimate of drug-likeness (QED) is 0.230. The van der Waals surface area contributed by atoms with Gasteiger partial charge >= 0.3 is 135 Å². The maximum atomic E-state index is 11.4. The maximum absolute atomic E-state index is 11.4. The van der Waals surface area contributed by atoms with Crippen LogP contribution in [0.4, 0.5) is 4.79 Å². The molecule has 0 fully saturated rings. The van der Waals surface area contributed by atoms with Crippen LogP contribution in [-0.4, -0.2) is 29.2 Å². The van der Waals surface area contributed by atoms with Crippen molar-refractivity contribution < 1.29 is 31.0 Å². The van der Waals surface area contributed by atoms with Crippen LogP contribution in [0.5, 0.6) is 0 Å². The summed E-state index contributed by atoms with van der Waals surface area (Å²) in [7, 11) is 0. The van der Waals surface area contributed by atoms with Crippen molar-refractivity contribution in [2.24, 2.45) is 0 Å². The Morgan fingerprint density at radius 3 is 2.40 bits per heavy atom. The molecule has 1 amide bonds. The summed E-state index contributed by atoms with van der Waals surface area (Å²) >= 11 is 0.152. The van der Waals surface area contributed by atoms with Gasteiger partial charge < -0.3 is 0 Å². The van der Waals surface area contributed by atoms with Gasteiger partial charge in [0.25, 0.3) is 0 Å². The topological polar surface area (TPSA) is 50.4 Å². The van der Waals surface area contributed by atoms with Crippen LogP contribution in [-0.2, 0) is 4.74 Å². The van der Waals surface area contributed by atoms with Crippen molar-refractivity contribution in [3.63, 3.8) is 0 Å². The van der Waals surface area contributed by atoms with Gasteiger partial charge in [-0.25, -0.2) is 0 Å². The molecule has 0 saturated carbocycles. The fourth-order valence-electron chi connectivity index (χ4n) is 1.56. The molecule has 0 radical (unpaired) electrons. The van der Waals surface area contributed by atoms with Gasteiger partial charge in [0.2, 0.25) is 0 Å². The number of rotatable bonds is 11. The number of carbonyl (C=O) groups excluding carboxylic acids is 1. The Bertz CT molecular complexity index is 243. The van der Waals surface area contributed by atoms with Crippen molar-refractivity contribution in [1.29, 1.82) is 0 Å². The molecule has 0 heterocycles. The second-order valence-corrected chi connectivity index (χ2v) is 8.51. The van der Waals surface area contributed by atoms with Gasteiger partial charge in [0.1, 0.15) is 0 Å². The first-order valence-electron chi connectivity index (χ1n) is 7.73. The first kappa shape index (κ1) is 20.0. The van der Waals surface area contributed by atoms with Crippen molar-refractivity contribution in [2.75, 3.05) is 17.5 Å². The van der Waals surface area contributed by atoms with Crippen LogP contribution >= 0.6 is 0 Å². The molecule has 0 atom stereocenters. The van der Waals surface area contributed by atoms with E-state index < -0.39 is 5.60 Å². The van der Waals surface area contributed by atoms with E-state index in [1.807, 2.05) is 20.8 Å². The molecular formula is C15H32IN2O2-. The summed E-state index contributed by atoms with van der Waals surface area (Å²) in [4.78, 5) is 11.4. The molecule has 122 valence electrons. The minimum atomic E-state index is -0.411. The number of ether oxygens (including phenoxy) is 1. The molecule has 4 nitrogen and oxygen atoms in total. The molecule has 0 saturated heterocycles. The Kier molecular flexibility index (Phi) is 12.7. The van der Waals surface area contributed by atoms with Crippen molar-refractivity contribution in [1.82, 2.24) is 8.85 Å². The summed E-state index contributed by atoms with van der Waals surface area (Å²) in [6, 6.07) is 0. The third-order valence-electron chi connectivity index (χ3n) is 2.54. The standard InChI is InChI=1S/C15H32IN2O2/c1-5-6-7-8-9-11-16-18-13-10-12-17-14(19)20-15(2,3)4/h18H,5-13H2,1-4H3,(H,17,19)/q-1. The van der Waals surface area contributed by atoms with Crippen molar-refractivity contribution in [3.05, 3.63) is 0 Å². The second kappa shape index (κ2) is 12.7. The summed E-state index contributed by atoms with van der Waals surface area (Å²) in [6.45, 7) is 9.55. The van der Waals surface area contributed by atoms with Gasteiger partial charge in [-0.15, -0.1) is 0 Å². The minimum absolute atomic E-state index is 0.152. The van der Waals surface area contributed by atoms with Gasteiger partial charge in [-0.1, -0.05) is 0 Å². The molecule has 2 N–H and O–H groups in total. The molecular weight excluding hydrogens is 367 g/mol. The van der Waals surface area contributed by atoms with E-state index in [4.69, 9.17) is 4.74 Å². The van der Waals surface area contributed by atoms with E-state index in [0.717, 1.165) is 13.0 Å². The number of hydrogen-bond acceptors (Lipinski definition) is 3. The average Bonchev–Trinajstić information content (AvgIpc) is 2.34. The van der Waals surface area contributed by atoms with E-state index >= 15 is 0 Å². The Morgan fingerprint density at radius 1 is 1.05 bits per heavy atom. The zero-order valence-electron chi connectivity index (χ0n) is 13.6. The molecule has 0 spiro atoms. The number of alkyl halides is 1. The Hall–Kier alpha value is -0.0400. The number of halogens is 1. The van der Waals surface area contributed by atoms with Gasteiger partial charge in [-0.2, -0.15) is 0 Å². The zero-order chi connectivity index (χ0) is 15.3. The molecule has 0 aromatic heterocycles. The van der Waals surface area contributed by atoms with E-state index in [2.05, 4.69) is 15.8 Å². The molecule has 0 unspecified atom stereocenters. The second-order valence-electron chi connectivity index (χ2n) is 5.90. The van der Waals surface area contributed by atoms with Gasteiger partial charge in [-0.05, 0) is 0 Å². The normalized spacial score (nSPS) is 11.6. The van der Waals surface area contributed by atoms with Crippen molar-refractivity contribution in [2.45, 2.75) is 71.8 Å². The molecule has 0 aliphatic carbocycles. The number of unbranched alkanes of at least 4 members (excludes halogenated alkanes) is 4. The van der Waals surface area contributed by atoms with Gasteiger partial charge in [0, 0.05) is 0 Å². The van der Waals surface area contributed by atoms with Crippen LogP contribution in [0.25, 0.3) is 0 Å². The fraction of sp³-hybridized carbons (Fsp3) is 0.933. The third-order valence-corrected chi connectivity index (χ3v) is 4.92. The van der Waals surface area contributed by atoms with E-state index in [1.165, 1.54) is 36.5 Å². The van der Waals surface area contributed by atoms with E-state index in [0.29, 0.717) is 6.54 Å². The number of amides is 1. The molecule has 0 bridgehead atoms. The Labute approximate surface area is 135 Å². The summed E-state index contributed by atoms with van der Waals surface area (Å²) in [5.74, 6) is 0. The first-order chi connectivity index (χ1) is 9.45. The van der Waals surface area contributed by atoms with Crippen molar-refractivity contribution in [3.8, 4) is 0 Å². The molecule has 20 heavy (non-hydrogen) atoms. The number of hydrogen-bond donors (Lipinski definition) is 2. The van der Waals surface area contributed by atoms with Crippen LogP contribution < -0.4 is 30.3 Å². The molecule has 5 heteroatoms. The summed E-state index contributed by atoms with van der Waals surface area (Å²) in [5, 5.41) is 2.78. The molecule has 0 aliphatic heterocycles. The monoisotopic (exact) mass is 399 g/mol. The van der Waals surface area contributed by atoms with Crippen LogP contribution in [0.1, 0.15) is 66.2 Å². The van der Waals surface area contributed by atoms with Crippen LogP contribution in [0.3, 0.4) is 0 Å². The van der Waals surface area contributed by atoms with Crippen LogP contribution in [0.2, 0.25) is 0 Å². The average molecular weight is 399 g/mol. The predicted molar refractivity (Wildman–Crippen MR) is 80.5 cm³/mol. The molecule has 0 aromatic carbocycles. The first-order valence-corrected chi connectivity index (χ1v) is 10.3. The molecule has 0 rings (SSSR count). The third kappa shape index (κ3) is 16.0. The fourth-order valence-corrected chi connectivity index (χ4v) is 3.62. The van der Waals surface area contributed by atoms with E-state index in [1.54, 1.807) is 0 Å². The van der Waals surface area contributed by atoms with Crippen molar-refractivity contribution >= 4 is 6.09 Å². The summed E-state index contributed by atoms with van der Waals surface area (Å²) in [5.41, 5.74) is -0.411. The zero-order valence-corrected chi connectivity index (χ0v) is 15.7. The number of nitrogens with one attached hydrogen (secondary N) is 2. The van der Waals surface area contributed by atoms with Crippen LogP contribution in [0, 0.1) is 0 Å². The van der Waals surface area contributed by atoms with E-state index in [-0.39, 0.29) is 27.6 Å². The van der Waals surface area contributed by atoms with Crippen LogP contribution in [0.15, 0.2) is 0 Å². The van der Waals surface area contributed by atoms with Gasteiger partial charge in [0.05, 0.1) is 0 Å². The van der Waals surface area contributed by atoms with Gasteiger partial charge in [-0.3, -0.25) is 0 Å². The number of carbonyl (C=O) groups is 1. The number of alkyl carbamates (subject to hydrolysis) is 1. The summed E-state index contributed by atoms with van der Waals surface area (Å²) < 4.78 is 10.0. The Balaban J connectivity index is 3.19. The molecule has 0 aromatic rings. The van der Waals surface area contributed by atoms with Gasteiger partial charge in [0.15, 0.2) is 0 Å². The molecule has 0 aliphatic rings.